The smallest absolute Gasteiger partial charge is 0.255 e. The fourth-order valence-corrected chi connectivity index (χ4v) is 3.29. The van der Waals surface area contributed by atoms with Crippen LogP contribution in [0.3, 0.4) is 0 Å². The molecule has 5 nitrogen and oxygen atoms in total. The minimum atomic E-state index is -0.0483. The molecule has 106 valence electrons. The summed E-state index contributed by atoms with van der Waals surface area (Å²) in [5.41, 5.74) is -0.0483. The molecule has 0 N–H and O–H groups in total. The standard InChI is InChI=1S/C14H22N2O3/c1-17-10-14(7-3-2-4-8-14)13-15-12(19-16-13)11-6-5-9-18-11/h11H,2-10H2,1H3/t11-/m0/s1. The summed E-state index contributed by atoms with van der Waals surface area (Å²) in [4.78, 5) is 4.62. The quantitative estimate of drug-likeness (QED) is 0.838. The third-order valence-corrected chi connectivity index (χ3v) is 4.35. The van der Waals surface area contributed by atoms with Crippen molar-refractivity contribution in [3.05, 3.63) is 11.7 Å². The van der Waals surface area contributed by atoms with Gasteiger partial charge in [0, 0.05) is 13.7 Å². The van der Waals surface area contributed by atoms with Gasteiger partial charge in [0.1, 0.15) is 6.10 Å². The van der Waals surface area contributed by atoms with E-state index in [1.165, 1.54) is 19.3 Å². The molecule has 2 fully saturated rings. The van der Waals surface area contributed by atoms with Crippen molar-refractivity contribution < 1.29 is 14.0 Å². The van der Waals surface area contributed by atoms with Gasteiger partial charge in [0.2, 0.25) is 0 Å². The van der Waals surface area contributed by atoms with Crippen LogP contribution in [0.1, 0.15) is 62.8 Å². The van der Waals surface area contributed by atoms with Crippen molar-refractivity contribution in [2.45, 2.75) is 56.5 Å². The predicted molar refractivity (Wildman–Crippen MR) is 68.9 cm³/mol. The second kappa shape index (κ2) is 5.59. The van der Waals surface area contributed by atoms with Gasteiger partial charge in [-0.2, -0.15) is 4.98 Å². The molecule has 2 aliphatic rings. The molecule has 1 aromatic heterocycles. The van der Waals surface area contributed by atoms with Gasteiger partial charge in [-0.1, -0.05) is 24.4 Å². The van der Waals surface area contributed by atoms with Gasteiger partial charge < -0.3 is 14.0 Å². The Bertz CT molecular complexity index is 401. The van der Waals surface area contributed by atoms with Crippen molar-refractivity contribution in [3.8, 4) is 0 Å². The maximum atomic E-state index is 5.61. The highest BCUT2D eigenvalue weighted by molar-refractivity contribution is 5.09. The zero-order valence-electron chi connectivity index (χ0n) is 11.6. The largest absolute Gasteiger partial charge is 0.384 e. The maximum Gasteiger partial charge on any atom is 0.255 e. The number of ether oxygens (including phenoxy) is 2. The Morgan fingerprint density at radius 2 is 2.11 bits per heavy atom. The van der Waals surface area contributed by atoms with E-state index in [9.17, 15) is 0 Å². The summed E-state index contributed by atoms with van der Waals surface area (Å²) >= 11 is 0. The van der Waals surface area contributed by atoms with Gasteiger partial charge in [-0.15, -0.1) is 0 Å². The van der Waals surface area contributed by atoms with Crippen molar-refractivity contribution >= 4 is 0 Å². The Hall–Kier alpha value is -0.940. The highest BCUT2D eigenvalue weighted by Gasteiger charge is 2.39. The summed E-state index contributed by atoms with van der Waals surface area (Å²) in [6.45, 7) is 1.48. The number of methoxy groups -OCH3 is 1. The molecule has 1 atom stereocenters. The molecular formula is C14H22N2O3. The van der Waals surface area contributed by atoms with Crippen LogP contribution in [-0.4, -0.2) is 30.5 Å². The van der Waals surface area contributed by atoms with Crippen molar-refractivity contribution in [1.82, 2.24) is 10.1 Å². The van der Waals surface area contributed by atoms with E-state index < -0.39 is 0 Å². The first-order valence-corrected chi connectivity index (χ1v) is 7.29. The minimum Gasteiger partial charge on any atom is -0.384 e. The van der Waals surface area contributed by atoms with Crippen LogP contribution in [0.4, 0.5) is 0 Å². The second-order valence-corrected chi connectivity index (χ2v) is 5.73. The van der Waals surface area contributed by atoms with Gasteiger partial charge in [-0.05, 0) is 25.7 Å². The summed E-state index contributed by atoms with van der Waals surface area (Å²) in [7, 11) is 1.75. The normalized spacial score (nSPS) is 26.7. The van der Waals surface area contributed by atoms with Crippen molar-refractivity contribution in [1.29, 1.82) is 0 Å². The molecule has 0 amide bonds. The van der Waals surface area contributed by atoms with Crippen LogP contribution in [-0.2, 0) is 14.9 Å². The summed E-state index contributed by atoms with van der Waals surface area (Å²) in [5.74, 6) is 1.47. The van der Waals surface area contributed by atoms with Crippen LogP contribution in [0.5, 0.6) is 0 Å². The van der Waals surface area contributed by atoms with Crippen LogP contribution < -0.4 is 0 Å². The zero-order valence-corrected chi connectivity index (χ0v) is 11.6. The molecule has 3 rings (SSSR count). The molecule has 5 heteroatoms. The SMILES string of the molecule is COCC1(c2noc([C@@H]3CCCO3)n2)CCCCC1. The molecule has 1 aromatic rings. The second-order valence-electron chi connectivity index (χ2n) is 5.73. The van der Waals surface area contributed by atoms with Gasteiger partial charge in [0.05, 0.1) is 12.0 Å². The van der Waals surface area contributed by atoms with Gasteiger partial charge in [-0.25, -0.2) is 0 Å². The molecule has 1 aliphatic carbocycles. The number of aromatic nitrogens is 2. The Labute approximate surface area is 113 Å². The molecule has 1 saturated carbocycles. The molecular weight excluding hydrogens is 244 g/mol. The molecule has 1 aliphatic heterocycles. The molecule has 0 unspecified atom stereocenters. The monoisotopic (exact) mass is 266 g/mol. The van der Waals surface area contributed by atoms with Crippen LogP contribution in [0.25, 0.3) is 0 Å². The third-order valence-electron chi connectivity index (χ3n) is 4.35. The van der Waals surface area contributed by atoms with E-state index >= 15 is 0 Å². The van der Waals surface area contributed by atoms with Gasteiger partial charge in [-0.3, -0.25) is 0 Å². The minimum absolute atomic E-state index is 0.00411. The van der Waals surface area contributed by atoms with E-state index in [0.29, 0.717) is 12.5 Å². The number of hydrogen-bond acceptors (Lipinski definition) is 5. The number of hydrogen-bond donors (Lipinski definition) is 0. The lowest BCUT2D eigenvalue weighted by molar-refractivity contribution is 0.0832. The first-order chi connectivity index (χ1) is 9.34. The highest BCUT2D eigenvalue weighted by atomic mass is 16.5. The maximum absolute atomic E-state index is 5.61. The lowest BCUT2D eigenvalue weighted by Gasteiger charge is -2.33. The first kappa shape index (κ1) is 13.1. The summed E-state index contributed by atoms with van der Waals surface area (Å²) in [6, 6.07) is 0. The molecule has 0 radical (unpaired) electrons. The van der Waals surface area contributed by atoms with Gasteiger partial charge in [0.15, 0.2) is 5.82 Å². The lowest BCUT2D eigenvalue weighted by Crippen LogP contribution is -2.35. The Morgan fingerprint density at radius 1 is 1.26 bits per heavy atom. The number of rotatable bonds is 4. The van der Waals surface area contributed by atoms with Gasteiger partial charge in [0.25, 0.3) is 5.89 Å². The average Bonchev–Trinajstić information content (AvgIpc) is 3.11. The van der Waals surface area contributed by atoms with Crippen molar-refractivity contribution in [3.63, 3.8) is 0 Å². The highest BCUT2D eigenvalue weighted by Crippen LogP contribution is 2.39. The summed E-state index contributed by atoms with van der Waals surface area (Å²) in [6.07, 6.45) is 7.97. The van der Waals surface area contributed by atoms with Gasteiger partial charge >= 0.3 is 0 Å². The van der Waals surface area contributed by atoms with Crippen LogP contribution in [0.2, 0.25) is 0 Å². The molecule has 0 bridgehead atoms. The summed E-state index contributed by atoms with van der Waals surface area (Å²) < 4.78 is 16.5. The van der Waals surface area contributed by atoms with Crippen molar-refractivity contribution in [2.24, 2.45) is 0 Å². The van der Waals surface area contributed by atoms with E-state index in [1.54, 1.807) is 7.11 Å². The molecule has 19 heavy (non-hydrogen) atoms. The van der Waals surface area contributed by atoms with E-state index in [4.69, 9.17) is 14.0 Å². The molecule has 1 saturated heterocycles. The first-order valence-electron chi connectivity index (χ1n) is 7.29. The van der Waals surface area contributed by atoms with E-state index in [-0.39, 0.29) is 11.5 Å². The Kier molecular flexibility index (Phi) is 3.84. The fraction of sp³-hybridized carbons (Fsp3) is 0.857. The van der Waals surface area contributed by atoms with Crippen LogP contribution in [0.15, 0.2) is 4.52 Å². The Morgan fingerprint density at radius 3 is 2.79 bits per heavy atom. The fourth-order valence-electron chi connectivity index (χ4n) is 3.29. The third kappa shape index (κ3) is 2.54. The predicted octanol–water partition coefficient (Wildman–Crippen LogP) is 2.77. The van der Waals surface area contributed by atoms with E-state index in [1.807, 2.05) is 0 Å². The van der Waals surface area contributed by atoms with E-state index in [0.717, 1.165) is 38.1 Å². The van der Waals surface area contributed by atoms with Crippen molar-refractivity contribution in [2.75, 3.05) is 20.3 Å². The average molecular weight is 266 g/mol. The molecule has 2 heterocycles. The Balaban J connectivity index is 1.81. The lowest BCUT2D eigenvalue weighted by atomic mass is 9.74. The summed E-state index contributed by atoms with van der Waals surface area (Å²) in [5, 5.41) is 4.23. The molecule has 0 spiro atoms. The van der Waals surface area contributed by atoms with E-state index in [2.05, 4.69) is 10.1 Å². The number of nitrogens with zero attached hydrogens (tertiary/aromatic N) is 2. The topological polar surface area (TPSA) is 57.4 Å². The van der Waals surface area contributed by atoms with Crippen LogP contribution in [0, 0.1) is 0 Å². The molecule has 0 aromatic carbocycles. The zero-order chi connectivity index (χ0) is 13.1. The van der Waals surface area contributed by atoms with Crippen LogP contribution >= 0.6 is 0 Å².